The number of benzene rings is 1. The molecule has 3 heteroatoms. The molecular weight excluding hydrogens is 214 g/mol. The van der Waals surface area contributed by atoms with Gasteiger partial charge in [-0.3, -0.25) is 0 Å². The summed E-state index contributed by atoms with van der Waals surface area (Å²) in [4.78, 5) is 0. The normalized spacial score (nSPS) is 12.6. The molecule has 0 saturated heterocycles. The van der Waals surface area contributed by atoms with E-state index in [-0.39, 0.29) is 6.10 Å². The average molecular weight is 231 g/mol. The van der Waals surface area contributed by atoms with Gasteiger partial charge in [0.15, 0.2) is 0 Å². The third-order valence-corrected chi connectivity index (χ3v) is 2.63. The fraction of sp³-hybridized carbons (Fsp3) is 0.286. The van der Waals surface area contributed by atoms with E-state index in [4.69, 9.17) is 14.9 Å². The molecule has 0 aliphatic heterocycles. The first-order valence-electron chi connectivity index (χ1n) is 5.70. The van der Waals surface area contributed by atoms with Crippen molar-refractivity contribution in [2.24, 2.45) is 5.73 Å². The molecule has 1 heterocycles. The zero-order valence-electron chi connectivity index (χ0n) is 9.93. The van der Waals surface area contributed by atoms with Gasteiger partial charge < -0.3 is 14.9 Å². The summed E-state index contributed by atoms with van der Waals surface area (Å²) < 4.78 is 11.0. The maximum atomic E-state index is 5.76. The van der Waals surface area contributed by atoms with Crippen molar-refractivity contribution in [2.45, 2.75) is 19.6 Å². The molecule has 0 spiro atoms. The van der Waals surface area contributed by atoms with Gasteiger partial charge in [0.25, 0.3) is 0 Å². The molecule has 0 amide bonds. The Hall–Kier alpha value is -1.58. The van der Waals surface area contributed by atoms with Crippen molar-refractivity contribution in [1.29, 1.82) is 0 Å². The first-order chi connectivity index (χ1) is 8.29. The summed E-state index contributed by atoms with van der Waals surface area (Å²) in [7, 11) is 0. The smallest absolute Gasteiger partial charge is 0.129 e. The Kier molecular flexibility index (Phi) is 3.96. The molecule has 2 N–H and O–H groups in total. The first-order valence-corrected chi connectivity index (χ1v) is 5.70. The van der Waals surface area contributed by atoms with Crippen molar-refractivity contribution in [3.63, 3.8) is 0 Å². The summed E-state index contributed by atoms with van der Waals surface area (Å²) in [6, 6.07) is 12.0. The van der Waals surface area contributed by atoms with Gasteiger partial charge in [-0.25, -0.2) is 0 Å². The van der Waals surface area contributed by atoms with Gasteiger partial charge in [0.2, 0.25) is 0 Å². The lowest BCUT2D eigenvalue weighted by Crippen LogP contribution is -2.15. The van der Waals surface area contributed by atoms with Crippen LogP contribution in [-0.2, 0) is 11.3 Å². The van der Waals surface area contributed by atoms with Gasteiger partial charge in [0.1, 0.15) is 12.4 Å². The van der Waals surface area contributed by atoms with Crippen LogP contribution in [0.25, 0.3) is 0 Å². The van der Waals surface area contributed by atoms with E-state index in [1.54, 1.807) is 6.26 Å². The fourth-order valence-electron chi connectivity index (χ4n) is 1.75. The largest absolute Gasteiger partial charge is 0.467 e. The predicted molar refractivity (Wildman–Crippen MR) is 66.5 cm³/mol. The topological polar surface area (TPSA) is 48.4 Å². The van der Waals surface area contributed by atoms with Gasteiger partial charge >= 0.3 is 0 Å². The van der Waals surface area contributed by atoms with Crippen LogP contribution >= 0.6 is 0 Å². The molecule has 1 aromatic heterocycles. The Morgan fingerprint density at radius 2 is 2.18 bits per heavy atom. The molecule has 2 aromatic rings. The highest BCUT2D eigenvalue weighted by Crippen LogP contribution is 2.19. The quantitative estimate of drug-likeness (QED) is 0.860. The number of furan rings is 1. The molecule has 3 nitrogen and oxygen atoms in total. The van der Waals surface area contributed by atoms with Crippen LogP contribution in [0, 0.1) is 6.92 Å². The predicted octanol–water partition coefficient (Wildman–Crippen LogP) is 2.80. The van der Waals surface area contributed by atoms with Crippen molar-refractivity contribution in [1.82, 2.24) is 0 Å². The Labute approximate surface area is 101 Å². The van der Waals surface area contributed by atoms with E-state index in [2.05, 4.69) is 19.1 Å². The Bertz CT molecular complexity index is 451. The monoisotopic (exact) mass is 231 g/mol. The summed E-state index contributed by atoms with van der Waals surface area (Å²) in [5.74, 6) is 0.816. The molecule has 0 bridgehead atoms. The van der Waals surface area contributed by atoms with Crippen LogP contribution in [0.2, 0.25) is 0 Å². The molecule has 2 rings (SSSR count). The van der Waals surface area contributed by atoms with Crippen LogP contribution in [0.1, 0.15) is 23.0 Å². The van der Waals surface area contributed by atoms with Crippen molar-refractivity contribution < 1.29 is 9.15 Å². The molecule has 0 aliphatic carbocycles. The van der Waals surface area contributed by atoms with Gasteiger partial charge in [-0.15, -0.1) is 0 Å². The van der Waals surface area contributed by atoms with Gasteiger partial charge in [0, 0.05) is 6.54 Å². The summed E-state index contributed by atoms with van der Waals surface area (Å²) in [5.41, 5.74) is 8.06. The number of aryl methyl sites for hydroxylation is 1. The van der Waals surface area contributed by atoms with Gasteiger partial charge in [-0.2, -0.15) is 0 Å². The van der Waals surface area contributed by atoms with Gasteiger partial charge in [-0.1, -0.05) is 29.8 Å². The molecule has 1 atom stereocenters. The molecule has 17 heavy (non-hydrogen) atoms. The second kappa shape index (κ2) is 5.66. The maximum absolute atomic E-state index is 5.76. The van der Waals surface area contributed by atoms with Crippen LogP contribution in [0.4, 0.5) is 0 Å². The van der Waals surface area contributed by atoms with Crippen molar-refractivity contribution in [3.05, 3.63) is 59.5 Å². The van der Waals surface area contributed by atoms with E-state index in [0.29, 0.717) is 13.2 Å². The van der Waals surface area contributed by atoms with Gasteiger partial charge in [0.05, 0.1) is 12.4 Å². The zero-order chi connectivity index (χ0) is 12.1. The molecular formula is C14H17NO2. The highest BCUT2D eigenvalue weighted by atomic mass is 16.5. The second-order valence-corrected chi connectivity index (χ2v) is 4.03. The number of rotatable bonds is 5. The van der Waals surface area contributed by atoms with Crippen LogP contribution in [0.5, 0.6) is 0 Å². The first kappa shape index (κ1) is 11.9. The van der Waals surface area contributed by atoms with Crippen molar-refractivity contribution in [2.75, 3.05) is 6.54 Å². The second-order valence-electron chi connectivity index (χ2n) is 4.03. The Balaban J connectivity index is 2.01. The molecule has 0 radical (unpaired) electrons. The SMILES string of the molecule is Cc1cccc(C(CN)OCc2ccco2)c1. The molecule has 1 aromatic carbocycles. The summed E-state index contributed by atoms with van der Waals surface area (Å²) in [6.07, 6.45) is 1.56. The number of ether oxygens (including phenoxy) is 1. The standard InChI is InChI=1S/C14H17NO2/c1-11-4-2-5-12(8-11)14(9-15)17-10-13-6-3-7-16-13/h2-8,14H,9-10,15H2,1H3. The number of nitrogens with two attached hydrogens (primary N) is 1. The minimum atomic E-state index is -0.0833. The number of hydrogen-bond donors (Lipinski definition) is 1. The number of hydrogen-bond acceptors (Lipinski definition) is 3. The zero-order valence-corrected chi connectivity index (χ0v) is 9.93. The molecule has 0 fully saturated rings. The van der Waals surface area contributed by atoms with E-state index in [9.17, 15) is 0 Å². The van der Waals surface area contributed by atoms with E-state index in [1.165, 1.54) is 5.56 Å². The molecule has 90 valence electrons. The molecule has 1 unspecified atom stereocenters. The third kappa shape index (κ3) is 3.19. The summed E-state index contributed by atoms with van der Waals surface area (Å²) in [5, 5.41) is 0. The summed E-state index contributed by atoms with van der Waals surface area (Å²) >= 11 is 0. The third-order valence-electron chi connectivity index (χ3n) is 2.63. The Morgan fingerprint density at radius 1 is 1.29 bits per heavy atom. The molecule has 0 saturated carbocycles. The lowest BCUT2D eigenvalue weighted by Gasteiger charge is -2.16. The lowest BCUT2D eigenvalue weighted by molar-refractivity contribution is 0.0355. The van der Waals surface area contributed by atoms with E-state index in [0.717, 1.165) is 11.3 Å². The lowest BCUT2D eigenvalue weighted by atomic mass is 10.1. The minimum absolute atomic E-state index is 0.0833. The minimum Gasteiger partial charge on any atom is -0.467 e. The Morgan fingerprint density at radius 3 is 2.82 bits per heavy atom. The van der Waals surface area contributed by atoms with Crippen LogP contribution in [0.3, 0.4) is 0 Å². The maximum Gasteiger partial charge on any atom is 0.129 e. The van der Waals surface area contributed by atoms with Crippen LogP contribution in [0.15, 0.2) is 47.1 Å². The van der Waals surface area contributed by atoms with Crippen LogP contribution in [-0.4, -0.2) is 6.54 Å². The van der Waals surface area contributed by atoms with Gasteiger partial charge in [-0.05, 0) is 24.6 Å². The fourth-order valence-corrected chi connectivity index (χ4v) is 1.75. The highest BCUT2D eigenvalue weighted by Gasteiger charge is 2.10. The van der Waals surface area contributed by atoms with E-state index >= 15 is 0 Å². The average Bonchev–Trinajstić information content (AvgIpc) is 2.83. The van der Waals surface area contributed by atoms with Crippen LogP contribution < -0.4 is 5.73 Å². The van der Waals surface area contributed by atoms with Crippen molar-refractivity contribution >= 4 is 0 Å². The van der Waals surface area contributed by atoms with E-state index in [1.807, 2.05) is 24.3 Å². The van der Waals surface area contributed by atoms with Crippen molar-refractivity contribution in [3.8, 4) is 0 Å². The summed E-state index contributed by atoms with van der Waals surface area (Å²) in [6.45, 7) is 2.97. The van der Waals surface area contributed by atoms with E-state index < -0.39 is 0 Å². The highest BCUT2D eigenvalue weighted by molar-refractivity contribution is 5.24. The molecule has 0 aliphatic rings.